The first-order valence-electron chi connectivity index (χ1n) is 20.4. The lowest BCUT2D eigenvalue weighted by Crippen LogP contribution is -2.46. The van der Waals surface area contributed by atoms with Gasteiger partial charge >= 0.3 is 0 Å². The molecular weight excluding hydrogens is 607 g/mol. The summed E-state index contributed by atoms with van der Waals surface area (Å²) >= 11 is 0. The highest BCUT2D eigenvalue weighted by atomic mass is 32.2. The standard InChI is InChI=1S/C40H79NO5S/c1-3-5-7-9-11-13-15-17-19-20-21-22-24-26-28-30-32-34-36-40(43)41-38(37-47(44,45)46)39(42)35-33-31-29-27-25-23-18-16-14-12-10-8-6-4-2/h33,35,38-39,42H,3-32,34,36-37H2,1-2H3,(H,41,43)(H,44,45,46)/b35-33+. The molecule has 7 heteroatoms. The van der Waals surface area contributed by atoms with Crippen LogP contribution in [0.4, 0.5) is 0 Å². The number of nitrogens with one attached hydrogen (secondary N) is 1. The van der Waals surface area contributed by atoms with Crippen LogP contribution in [0.15, 0.2) is 12.2 Å². The van der Waals surface area contributed by atoms with E-state index in [0.717, 1.165) is 38.5 Å². The lowest BCUT2D eigenvalue weighted by Gasteiger charge is -2.21. The molecule has 0 radical (unpaired) electrons. The van der Waals surface area contributed by atoms with E-state index >= 15 is 0 Å². The van der Waals surface area contributed by atoms with Gasteiger partial charge in [-0.2, -0.15) is 8.42 Å². The van der Waals surface area contributed by atoms with Gasteiger partial charge in [-0.05, 0) is 19.3 Å². The number of allylic oxidation sites excluding steroid dienone is 1. The van der Waals surface area contributed by atoms with Gasteiger partial charge in [0.15, 0.2) is 0 Å². The largest absolute Gasteiger partial charge is 0.387 e. The summed E-state index contributed by atoms with van der Waals surface area (Å²) in [6, 6.07) is -1.05. The maximum absolute atomic E-state index is 12.5. The average molecular weight is 686 g/mol. The quantitative estimate of drug-likeness (QED) is 0.0343. The number of carbonyl (C=O) groups is 1. The van der Waals surface area contributed by atoms with E-state index in [1.54, 1.807) is 6.08 Å². The van der Waals surface area contributed by atoms with Crippen LogP contribution in [-0.4, -0.2) is 41.9 Å². The fraction of sp³-hybridized carbons (Fsp3) is 0.925. The third-order valence-corrected chi connectivity index (χ3v) is 10.2. The molecule has 0 saturated carbocycles. The fourth-order valence-electron chi connectivity index (χ4n) is 6.39. The summed E-state index contributed by atoms with van der Waals surface area (Å²) in [5.74, 6) is -0.967. The first-order chi connectivity index (χ1) is 22.8. The zero-order valence-electron chi connectivity index (χ0n) is 31.2. The summed E-state index contributed by atoms with van der Waals surface area (Å²) in [6.07, 6.45) is 41.9. The highest BCUT2D eigenvalue weighted by molar-refractivity contribution is 7.85. The Bertz CT molecular complexity index is 800. The first-order valence-corrected chi connectivity index (χ1v) is 22.0. The molecule has 6 nitrogen and oxygen atoms in total. The third kappa shape index (κ3) is 36.2. The molecule has 0 saturated heterocycles. The van der Waals surface area contributed by atoms with Gasteiger partial charge in [-0.25, -0.2) is 0 Å². The molecule has 0 rings (SSSR count). The molecule has 3 N–H and O–H groups in total. The van der Waals surface area contributed by atoms with Crippen LogP contribution in [-0.2, 0) is 14.9 Å². The molecule has 2 atom stereocenters. The predicted octanol–water partition coefficient (Wildman–Crippen LogP) is 11.8. The molecular formula is C40H79NO5S. The number of hydrogen-bond donors (Lipinski definition) is 3. The molecule has 0 aromatic rings. The number of carbonyl (C=O) groups excluding carboxylic acids is 1. The van der Waals surface area contributed by atoms with E-state index in [2.05, 4.69) is 19.2 Å². The Kier molecular flexibility index (Phi) is 34.2. The van der Waals surface area contributed by atoms with Crippen LogP contribution in [0.3, 0.4) is 0 Å². The number of hydrogen-bond acceptors (Lipinski definition) is 4. The van der Waals surface area contributed by atoms with E-state index in [0.29, 0.717) is 6.42 Å². The second kappa shape index (κ2) is 34.9. The molecule has 47 heavy (non-hydrogen) atoms. The summed E-state index contributed by atoms with van der Waals surface area (Å²) in [6.45, 7) is 4.52. The summed E-state index contributed by atoms with van der Waals surface area (Å²) in [5.41, 5.74) is 0. The third-order valence-electron chi connectivity index (χ3n) is 9.46. The van der Waals surface area contributed by atoms with Crippen molar-refractivity contribution in [3.05, 3.63) is 12.2 Å². The van der Waals surface area contributed by atoms with Crippen LogP contribution < -0.4 is 5.32 Å². The van der Waals surface area contributed by atoms with E-state index in [4.69, 9.17) is 0 Å². The number of aliphatic hydroxyl groups is 1. The monoisotopic (exact) mass is 686 g/mol. The molecule has 0 fully saturated rings. The molecule has 0 heterocycles. The van der Waals surface area contributed by atoms with Crippen molar-refractivity contribution in [3.8, 4) is 0 Å². The maximum atomic E-state index is 12.5. The van der Waals surface area contributed by atoms with Crippen LogP contribution in [0.5, 0.6) is 0 Å². The lowest BCUT2D eigenvalue weighted by molar-refractivity contribution is -0.122. The Morgan fingerprint density at radius 3 is 1.21 bits per heavy atom. The van der Waals surface area contributed by atoms with Crippen LogP contribution in [0.2, 0.25) is 0 Å². The van der Waals surface area contributed by atoms with E-state index < -0.39 is 28.0 Å². The predicted molar refractivity (Wildman–Crippen MR) is 203 cm³/mol. The summed E-state index contributed by atoms with van der Waals surface area (Å²) < 4.78 is 32.4. The van der Waals surface area contributed by atoms with Gasteiger partial charge in [0, 0.05) is 6.42 Å². The van der Waals surface area contributed by atoms with Crippen molar-refractivity contribution < 1.29 is 22.9 Å². The first kappa shape index (κ1) is 46.1. The zero-order chi connectivity index (χ0) is 34.7. The molecule has 1 amide bonds. The van der Waals surface area contributed by atoms with Crippen LogP contribution in [0.25, 0.3) is 0 Å². The van der Waals surface area contributed by atoms with Gasteiger partial charge < -0.3 is 10.4 Å². The van der Waals surface area contributed by atoms with Gasteiger partial charge in [-0.1, -0.05) is 206 Å². The fourth-order valence-corrected chi connectivity index (χ4v) is 7.13. The Hall–Kier alpha value is -0.920. The van der Waals surface area contributed by atoms with E-state index in [1.165, 1.54) is 161 Å². The molecule has 280 valence electrons. The molecule has 0 spiro atoms. The molecule has 0 aliphatic carbocycles. The highest BCUT2D eigenvalue weighted by Gasteiger charge is 2.24. The normalized spacial score (nSPS) is 13.4. The molecule has 0 aromatic carbocycles. The number of unbranched alkanes of at least 4 members (excludes halogenated alkanes) is 29. The lowest BCUT2D eigenvalue weighted by atomic mass is 10.0. The van der Waals surface area contributed by atoms with Crippen molar-refractivity contribution in [3.63, 3.8) is 0 Å². The van der Waals surface area contributed by atoms with Gasteiger partial charge in [-0.3, -0.25) is 9.35 Å². The Balaban J connectivity index is 3.87. The Morgan fingerprint density at radius 2 is 0.872 bits per heavy atom. The van der Waals surface area contributed by atoms with Crippen LogP contribution in [0, 0.1) is 0 Å². The Morgan fingerprint density at radius 1 is 0.553 bits per heavy atom. The van der Waals surface area contributed by atoms with Gasteiger partial charge in [-0.15, -0.1) is 0 Å². The van der Waals surface area contributed by atoms with Crippen molar-refractivity contribution in [1.29, 1.82) is 0 Å². The number of rotatable bonds is 37. The van der Waals surface area contributed by atoms with Crippen molar-refractivity contribution in [2.24, 2.45) is 0 Å². The summed E-state index contributed by atoms with van der Waals surface area (Å²) in [7, 11) is -4.33. The van der Waals surface area contributed by atoms with Gasteiger partial charge in [0.2, 0.25) is 5.91 Å². The molecule has 2 unspecified atom stereocenters. The second-order valence-electron chi connectivity index (χ2n) is 14.3. The minimum atomic E-state index is -4.33. The number of amides is 1. The number of aliphatic hydroxyl groups excluding tert-OH is 1. The topological polar surface area (TPSA) is 104 Å². The smallest absolute Gasteiger partial charge is 0.267 e. The van der Waals surface area contributed by atoms with E-state index in [9.17, 15) is 22.9 Å². The van der Waals surface area contributed by atoms with Crippen LogP contribution in [0.1, 0.15) is 219 Å². The Labute approximate surface area is 292 Å². The molecule has 0 bridgehead atoms. The zero-order valence-corrected chi connectivity index (χ0v) is 32.0. The minimum Gasteiger partial charge on any atom is -0.387 e. The van der Waals surface area contributed by atoms with E-state index in [-0.39, 0.29) is 5.91 Å². The molecule has 0 aromatic heterocycles. The molecule has 0 aliphatic heterocycles. The van der Waals surface area contributed by atoms with Gasteiger partial charge in [0.1, 0.15) is 0 Å². The molecule has 0 aliphatic rings. The SMILES string of the molecule is CCCCCCCCCCCCCC/C=C/C(O)C(CS(=O)(=O)O)NC(=O)CCCCCCCCCCCCCCCCCCCC. The second-order valence-corrected chi connectivity index (χ2v) is 15.8. The van der Waals surface area contributed by atoms with Crippen molar-refractivity contribution in [2.45, 2.75) is 231 Å². The summed E-state index contributed by atoms with van der Waals surface area (Å²) in [5, 5.41) is 13.2. The summed E-state index contributed by atoms with van der Waals surface area (Å²) in [4.78, 5) is 12.5. The highest BCUT2D eigenvalue weighted by Crippen LogP contribution is 2.16. The van der Waals surface area contributed by atoms with Crippen LogP contribution >= 0.6 is 0 Å². The van der Waals surface area contributed by atoms with Gasteiger partial charge in [0.25, 0.3) is 10.1 Å². The van der Waals surface area contributed by atoms with Gasteiger partial charge in [0.05, 0.1) is 17.9 Å². The van der Waals surface area contributed by atoms with E-state index in [1.807, 2.05) is 6.08 Å². The minimum absolute atomic E-state index is 0.274. The van der Waals surface area contributed by atoms with Crippen molar-refractivity contribution >= 4 is 16.0 Å². The average Bonchev–Trinajstić information content (AvgIpc) is 3.03. The van der Waals surface area contributed by atoms with Crippen molar-refractivity contribution in [1.82, 2.24) is 5.32 Å². The maximum Gasteiger partial charge on any atom is 0.267 e. The van der Waals surface area contributed by atoms with Crippen molar-refractivity contribution in [2.75, 3.05) is 5.75 Å².